The van der Waals surface area contributed by atoms with E-state index in [1.165, 1.54) is 0 Å². The van der Waals surface area contributed by atoms with E-state index < -0.39 is 0 Å². The Balaban J connectivity index is 2.60. The van der Waals surface area contributed by atoms with Gasteiger partial charge in [-0.05, 0) is 37.5 Å². The maximum Gasteiger partial charge on any atom is 0.0566 e. The summed E-state index contributed by atoms with van der Waals surface area (Å²) in [5.41, 5.74) is 0.341. The molecule has 1 fully saturated rings. The van der Waals surface area contributed by atoms with Crippen molar-refractivity contribution in [3.8, 4) is 0 Å². The van der Waals surface area contributed by atoms with Crippen LogP contribution in [0.3, 0.4) is 0 Å². The highest BCUT2D eigenvalue weighted by Gasteiger charge is 2.32. The first-order valence-corrected chi connectivity index (χ1v) is 4.89. The maximum atomic E-state index is 9.55. The molecular weight excluding hydrogens is 148 g/mol. The fraction of sp³-hybridized carbons (Fsp3) is 0.818. The van der Waals surface area contributed by atoms with Crippen molar-refractivity contribution in [2.75, 3.05) is 0 Å². The summed E-state index contributed by atoms with van der Waals surface area (Å²) in [6, 6.07) is 0. The zero-order chi connectivity index (χ0) is 9.19. The van der Waals surface area contributed by atoms with Crippen LogP contribution in [-0.4, -0.2) is 11.2 Å². The molecule has 0 aromatic rings. The van der Waals surface area contributed by atoms with E-state index in [0.717, 1.165) is 19.3 Å². The predicted octanol–water partition coefficient (Wildman–Crippen LogP) is 2.75. The summed E-state index contributed by atoms with van der Waals surface area (Å²) in [4.78, 5) is 0. The normalized spacial score (nSPS) is 43.7. The summed E-state index contributed by atoms with van der Waals surface area (Å²) in [5, 5.41) is 9.55. The van der Waals surface area contributed by atoms with Crippen LogP contribution in [0, 0.1) is 11.3 Å². The average Bonchev–Trinajstić information content (AvgIpc) is 1.98. The van der Waals surface area contributed by atoms with Crippen LogP contribution in [0.1, 0.15) is 40.0 Å². The SMILES string of the molecule is C/C=C/C1(C)CCC(O)C(C)C1. The van der Waals surface area contributed by atoms with Gasteiger partial charge in [0.1, 0.15) is 0 Å². The van der Waals surface area contributed by atoms with Crippen molar-refractivity contribution < 1.29 is 5.11 Å². The minimum absolute atomic E-state index is 0.0664. The number of hydrogen-bond donors (Lipinski definition) is 1. The smallest absolute Gasteiger partial charge is 0.0566 e. The average molecular weight is 168 g/mol. The second-order valence-corrected chi connectivity index (χ2v) is 4.44. The van der Waals surface area contributed by atoms with Gasteiger partial charge in [0.15, 0.2) is 0 Å². The van der Waals surface area contributed by atoms with E-state index >= 15 is 0 Å². The monoisotopic (exact) mass is 168 g/mol. The van der Waals surface area contributed by atoms with Gasteiger partial charge < -0.3 is 5.11 Å². The summed E-state index contributed by atoms with van der Waals surface area (Å²) in [6.45, 7) is 6.50. The van der Waals surface area contributed by atoms with Crippen molar-refractivity contribution in [2.24, 2.45) is 11.3 Å². The van der Waals surface area contributed by atoms with Crippen LogP contribution >= 0.6 is 0 Å². The van der Waals surface area contributed by atoms with Crippen molar-refractivity contribution in [3.05, 3.63) is 12.2 Å². The van der Waals surface area contributed by atoms with Gasteiger partial charge in [-0.3, -0.25) is 0 Å². The van der Waals surface area contributed by atoms with Crippen molar-refractivity contribution in [1.29, 1.82) is 0 Å². The minimum Gasteiger partial charge on any atom is -0.393 e. The van der Waals surface area contributed by atoms with Crippen molar-refractivity contribution in [3.63, 3.8) is 0 Å². The molecule has 1 nitrogen and oxygen atoms in total. The molecule has 1 heteroatoms. The van der Waals surface area contributed by atoms with Gasteiger partial charge in [-0.25, -0.2) is 0 Å². The van der Waals surface area contributed by atoms with E-state index in [1.54, 1.807) is 0 Å². The fourth-order valence-corrected chi connectivity index (χ4v) is 2.29. The van der Waals surface area contributed by atoms with Crippen LogP contribution in [0.5, 0.6) is 0 Å². The lowest BCUT2D eigenvalue weighted by Gasteiger charge is -2.37. The summed E-state index contributed by atoms with van der Waals surface area (Å²) in [7, 11) is 0. The molecule has 0 radical (unpaired) electrons. The Labute approximate surface area is 75.5 Å². The highest BCUT2D eigenvalue weighted by Crippen LogP contribution is 2.40. The molecule has 1 aliphatic carbocycles. The first-order chi connectivity index (χ1) is 5.57. The highest BCUT2D eigenvalue weighted by molar-refractivity contribution is 4.99. The second-order valence-electron chi connectivity index (χ2n) is 4.44. The fourth-order valence-electron chi connectivity index (χ4n) is 2.29. The first kappa shape index (κ1) is 9.79. The summed E-state index contributed by atoms with van der Waals surface area (Å²) >= 11 is 0. The Bertz CT molecular complexity index is 174. The van der Waals surface area contributed by atoms with Gasteiger partial charge in [0.05, 0.1) is 6.10 Å². The number of aliphatic hydroxyl groups excluding tert-OH is 1. The van der Waals surface area contributed by atoms with Gasteiger partial charge in [0, 0.05) is 0 Å². The number of allylic oxidation sites excluding steroid dienone is 2. The van der Waals surface area contributed by atoms with Crippen LogP contribution in [0.2, 0.25) is 0 Å². The van der Waals surface area contributed by atoms with Gasteiger partial charge >= 0.3 is 0 Å². The van der Waals surface area contributed by atoms with Crippen LogP contribution in [0.25, 0.3) is 0 Å². The lowest BCUT2D eigenvalue weighted by molar-refractivity contribution is 0.0404. The molecule has 0 aromatic heterocycles. The third-order valence-electron chi connectivity index (χ3n) is 3.03. The van der Waals surface area contributed by atoms with Gasteiger partial charge in [-0.2, -0.15) is 0 Å². The van der Waals surface area contributed by atoms with Crippen LogP contribution in [0.15, 0.2) is 12.2 Å². The Hall–Kier alpha value is -0.300. The molecule has 1 N–H and O–H groups in total. The molecule has 3 unspecified atom stereocenters. The first-order valence-electron chi connectivity index (χ1n) is 4.89. The molecule has 0 heterocycles. The lowest BCUT2D eigenvalue weighted by atomic mass is 9.70. The molecule has 0 bridgehead atoms. The van der Waals surface area contributed by atoms with Gasteiger partial charge in [-0.1, -0.05) is 26.0 Å². The van der Waals surface area contributed by atoms with E-state index in [2.05, 4.69) is 32.9 Å². The van der Waals surface area contributed by atoms with Gasteiger partial charge in [0.25, 0.3) is 0 Å². The molecule has 0 amide bonds. The zero-order valence-corrected chi connectivity index (χ0v) is 8.38. The topological polar surface area (TPSA) is 20.2 Å². The molecule has 1 saturated carbocycles. The summed E-state index contributed by atoms with van der Waals surface area (Å²) in [6.07, 6.45) is 7.56. The van der Waals surface area contributed by atoms with Crippen molar-refractivity contribution >= 4 is 0 Å². The van der Waals surface area contributed by atoms with Crippen LogP contribution < -0.4 is 0 Å². The molecule has 12 heavy (non-hydrogen) atoms. The molecule has 3 atom stereocenters. The Morgan fingerprint density at radius 2 is 2.17 bits per heavy atom. The van der Waals surface area contributed by atoms with Gasteiger partial charge in [-0.15, -0.1) is 0 Å². The van der Waals surface area contributed by atoms with E-state index in [0.29, 0.717) is 11.3 Å². The van der Waals surface area contributed by atoms with E-state index in [-0.39, 0.29) is 6.10 Å². The Morgan fingerprint density at radius 3 is 2.67 bits per heavy atom. The predicted molar refractivity (Wildman–Crippen MR) is 51.9 cm³/mol. The minimum atomic E-state index is -0.0664. The standard InChI is InChI=1S/C11H20O/c1-4-6-11(3)7-5-10(12)9(2)8-11/h4,6,9-10,12H,5,7-8H2,1-3H3/b6-4+. The summed E-state index contributed by atoms with van der Waals surface area (Å²) in [5.74, 6) is 0.458. The van der Waals surface area contributed by atoms with E-state index in [1.807, 2.05) is 0 Å². The van der Waals surface area contributed by atoms with Gasteiger partial charge in [0.2, 0.25) is 0 Å². The van der Waals surface area contributed by atoms with E-state index in [4.69, 9.17) is 0 Å². The molecule has 70 valence electrons. The molecule has 0 aromatic carbocycles. The molecular formula is C11H20O. The molecule has 1 rings (SSSR count). The zero-order valence-electron chi connectivity index (χ0n) is 8.38. The molecule has 1 aliphatic rings. The third kappa shape index (κ3) is 2.10. The van der Waals surface area contributed by atoms with Crippen molar-refractivity contribution in [2.45, 2.75) is 46.1 Å². The van der Waals surface area contributed by atoms with Crippen LogP contribution in [-0.2, 0) is 0 Å². The quantitative estimate of drug-likeness (QED) is 0.597. The summed E-state index contributed by atoms with van der Waals surface area (Å²) < 4.78 is 0. The Morgan fingerprint density at radius 1 is 1.50 bits per heavy atom. The second kappa shape index (κ2) is 3.61. The Kier molecular flexibility index (Phi) is 2.94. The lowest BCUT2D eigenvalue weighted by Crippen LogP contribution is -2.32. The van der Waals surface area contributed by atoms with Crippen molar-refractivity contribution in [1.82, 2.24) is 0 Å². The largest absolute Gasteiger partial charge is 0.393 e. The maximum absolute atomic E-state index is 9.55. The van der Waals surface area contributed by atoms with E-state index in [9.17, 15) is 5.11 Å². The third-order valence-corrected chi connectivity index (χ3v) is 3.03. The van der Waals surface area contributed by atoms with Crippen LogP contribution in [0.4, 0.5) is 0 Å². The highest BCUT2D eigenvalue weighted by atomic mass is 16.3. The number of aliphatic hydroxyl groups is 1. The molecule has 0 aliphatic heterocycles. The number of rotatable bonds is 1. The number of hydrogen-bond acceptors (Lipinski definition) is 1. The molecule has 0 spiro atoms. The molecule has 0 saturated heterocycles.